The summed E-state index contributed by atoms with van der Waals surface area (Å²) in [6.45, 7) is 1.71. The molecule has 5 heteroatoms. The van der Waals surface area contributed by atoms with Crippen LogP contribution in [0.25, 0.3) is 0 Å². The van der Waals surface area contributed by atoms with Crippen LogP contribution in [-0.4, -0.2) is 11.0 Å². The number of rotatable bonds is 1. The monoisotopic (exact) mass is 149 g/mol. The molecule has 0 aliphatic rings. The van der Waals surface area contributed by atoms with Gasteiger partial charge in [-0.3, -0.25) is 4.57 Å². The molecule has 0 spiro atoms. The highest BCUT2D eigenvalue weighted by molar-refractivity contribution is 7.41. The van der Waals surface area contributed by atoms with Crippen molar-refractivity contribution in [2.75, 3.05) is 0 Å². The van der Waals surface area contributed by atoms with E-state index >= 15 is 0 Å². The van der Waals surface area contributed by atoms with Crippen molar-refractivity contribution in [2.24, 2.45) is 0 Å². The minimum atomic E-state index is -2.32. The van der Waals surface area contributed by atoms with Crippen molar-refractivity contribution in [2.45, 2.75) is 6.92 Å². The first kappa shape index (κ1) is 11.2. The Morgan fingerprint density at radius 1 is 1.78 bits per heavy atom. The quantitative estimate of drug-likeness (QED) is 0.330. The first-order valence-corrected chi connectivity index (χ1v) is 3.51. The molecule has 0 aliphatic carbocycles. The fourth-order valence-electron chi connectivity index (χ4n) is 0.143. The maximum absolute atomic E-state index is 9.70. The Morgan fingerprint density at radius 3 is 2.11 bits per heavy atom. The SMILES string of the molecule is CC=C[PH](=O)O.N=C=O. The molecule has 1 unspecified atom stereocenters. The Labute approximate surface area is 53.6 Å². The molecule has 0 saturated carbocycles. The molecule has 0 amide bonds. The van der Waals surface area contributed by atoms with E-state index in [0.717, 1.165) is 6.08 Å². The number of nitrogens with one attached hydrogen (secondary N) is 1. The van der Waals surface area contributed by atoms with Crippen LogP contribution in [0.15, 0.2) is 11.9 Å². The Kier molecular flexibility index (Phi) is 12.8. The van der Waals surface area contributed by atoms with Crippen LogP contribution < -0.4 is 0 Å². The van der Waals surface area contributed by atoms with Crippen molar-refractivity contribution in [3.8, 4) is 0 Å². The van der Waals surface area contributed by atoms with Gasteiger partial charge in [-0.1, -0.05) is 6.08 Å². The van der Waals surface area contributed by atoms with Crippen molar-refractivity contribution in [1.29, 1.82) is 5.41 Å². The smallest absolute Gasteiger partial charge is 0.231 e. The first-order chi connectivity index (χ1) is 4.18. The zero-order valence-electron chi connectivity index (χ0n) is 4.92. The lowest BCUT2D eigenvalue weighted by Crippen LogP contribution is -1.41. The van der Waals surface area contributed by atoms with Gasteiger partial charge in [0.25, 0.3) is 0 Å². The van der Waals surface area contributed by atoms with Gasteiger partial charge in [0.2, 0.25) is 14.1 Å². The summed E-state index contributed by atoms with van der Waals surface area (Å²) in [6, 6.07) is 0. The molecule has 0 aliphatic heterocycles. The van der Waals surface area contributed by atoms with Crippen molar-refractivity contribution >= 4 is 14.1 Å². The van der Waals surface area contributed by atoms with Gasteiger partial charge in [0, 0.05) is 0 Å². The lowest BCUT2D eigenvalue weighted by molar-refractivity contribution is 0.512. The number of hydrogen-bond acceptors (Lipinski definition) is 3. The first-order valence-electron chi connectivity index (χ1n) is 2.08. The zero-order chi connectivity index (χ0) is 7.70. The zero-order valence-corrected chi connectivity index (χ0v) is 5.92. The molecule has 4 nitrogen and oxygen atoms in total. The standard InChI is InChI=1S/C3H7O2P.CHNO/c1-2-3-6(4)5;2-1-3/h2-3,6H,1H3,(H,4,5);2H. The van der Waals surface area contributed by atoms with E-state index in [1.165, 1.54) is 5.82 Å². The van der Waals surface area contributed by atoms with Gasteiger partial charge in [0.1, 0.15) is 0 Å². The van der Waals surface area contributed by atoms with E-state index in [1.807, 2.05) is 0 Å². The second-order valence-corrected chi connectivity index (χ2v) is 1.95. The van der Waals surface area contributed by atoms with Gasteiger partial charge < -0.3 is 4.89 Å². The Bertz CT molecular complexity index is 137. The van der Waals surface area contributed by atoms with E-state index in [4.69, 9.17) is 15.1 Å². The molecule has 0 radical (unpaired) electrons. The summed E-state index contributed by atoms with van der Waals surface area (Å²) < 4.78 is 9.70. The van der Waals surface area contributed by atoms with Gasteiger partial charge in [-0.05, 0) is 12.7 Å². The van der Waals surface area contributed by atoms with Crippen molar-refractivity contribution in [3.05, 3.63) is 11.9 Å². The van der Waals surface area contributed by atoms with Crippen LogP contribution in [0.2, 0.25) is 0 Å². The van der Waals surface area contributed by atoms with Gasteiger partial charge in [0.15, 0.2) is 0 Å². The average Bonchev–Trinajstić information content (AvgIpc) is 1.67. The van der Waals surface area contributed by atoms with Gasteiger partial charge in [-0.15, -0.1) is 0 Å². The predicted molar refractivity (Wildman–Crippen MR) is 34.4 cm³/mol. The summed E-state index contributed by atoms with van der Waals surface area (Å²) >= 11 is 0. The molecule has 0 bridgehead atoms. The van der Waals surface area contributed by atoms with Crippen LogP contribution in [0.4, 0.5) is 0 Å². The van der Waals surface area contributed by atoms with E-state index in [0.29, 0.717) is 0 Å². The highest BCUT2D eigenvalue weighted by Gasteiger charge is 1.71. The van der Waals surface area contributed by atoms with Crippen LogP contribution >= 0.6 is 8.03 Å². The van der Waals surface area contributed by atoms with Gasteiger partial charge in [0.05, 0.1) is 0 Å². The number of allylic oxidation sites excluding steroid dienone is 1. The minimum Gasteiger partial charge on any atom is -0.344 e. The van der Waals surface area contributed by atoms with Crippen LogP contribution in [0, 0.1) is 5.41 Å². The molecular formula is C4H8NO3P. The molecule has 1 atom stereocenters. The van der Waals surface area contributed by atoms with Crippen molar-refractivity contribution in [3.63, 3.8) is 0 Å². The van der Waals surface area contributed by atoms with Crippen molar-refractivity contribution in [1.82, 2.24) is 0 Å². The summed E-state index contributed by atoms with van der Waals surface area (Å²) in [5.41, 5.74) is 0. The largest absolute Gasteiger partial charge is 0.344 e. The number of hydrogen-bond donors (Lipinski definition) is 2. The molecule has 0 heterocycles. The predicted octanol–water partition coefficient (Wildman–Crippen LogP) is 0.888. The second kappa shape index (κ2) is 10.3. The molecule has 0 aromatic heterocycles. The van der Waals surface area contributed by atoms with E-state index in [2.05, 4.69) is 0 Å². The molecule has 0 saturated heterocycles. The summed E-state index contributed by atoms with van der Waals surface area (Å²) in [4.78, 5) is 16.4. The van der Waals surface area contributed by atoms with Crippen molar-refractivity contribution < 1.29 is 14.3 Å². The molecule has 0 fully saturated rings. The number of carbonyl (C=O) groups excluding carboxylic acids is 1. The fraction of sp³-hybridized carbons (Fsp3) is 0.250. The summed E-state index contributed by atoms with van der Waals surface area (Å²) in [5.74, 6) is 1.27. The van der Waals surface area contributed by atoms with Crippen LogP contribution in [-0.2, 0) is 9.36 Å². The van der Waals surface area contributed by atoms with E-state index in [-0.39, 0.29) is 0 Å². The third-order valence-corrected chi connectivity index (χ3v) is 0.928. The molecule has 0 aromatic carbocycles. The molecule has 2 N–H and O–H groups in total. The third-order valence-electron chi connectivity index (χ3n) is 0.309. The van der Waals surface area contributed by atoms with Gasteiger partial charge >= 0.3 is 0 Å². The summed E-state index contributed by atoms with van der Waals surface area (Å²) in [5, 5.41) is 5.40. The maximum atomic E-state index is 9.70. The molecular weight excluding hydrogens is 141 g/mol. The van der Waals surface area contributed by atoms with Crippen LogP contribution in [0.1, 0.15) is 6.92 Å². The highest BCUT2D eigenvalue weighted by atomic mass is 31.1. The normalized spacial score (nSPS) is 11.3. The summed E-state index contributed by atoms with van der Waals surface area (Å²) in [7, 11) is -2.32. The van der Waals surface area contributed by atoms with E-state index < -0.39 is 8.03 Å². The highest BCUT2D eigenvalue weighted by Crippen LogP contribution is 2.12. The Hall–Kier alpha value is -0.690. The second-order valence-electron chi connectivity index (χ2n) is 0.940. The van der Waals surface area contributed by atoms with Gasteiger partial charge in [-0.25, -0.2) is 10.2 Å². The molecule has 9 heavy (non-hydrogen) atoms. The molecule has 52 valence electrons. The van der Waals surface area contributed by atoms with Gasteiger partial charge in [-0.2, -0.15) is 0 Å². The topological polar surface area (TPSA) is 78.2 Å². The minimum absolute atomic E-state index is 0.750. The van der Waals surface area contributed by atoms with Crippen LogP contribution in [0.3, 0.4) is 0 Å². The van der Waals surface area contributed by atoms with E-state index in [1.54, 1.807) is 13.0 Å². The number of isocyanates is 1. The average molecular weight is 149 g/mol. The third kappa shape index (κ3) is 38.6. The Morgan fingerprint density at radius 2 is 2.11 bits per heavy atom. The maximum Gasteiger partial charge on any atom is 0.231 e. The lowest BCUT2D eigenvalue weighted by atomic mass is 10.8. The fourth-order valence-corrected chi connectivity index (χ4v) is 0.428. The molecule has 0 aromatic rings. The molecule has 0 rings (SSSR count). The van der Waals surface area contributed by atoms with E-state index in [9.17, 15) is 4.57 Å². The Balaban J connectivity index is 0. The lowest BCUT2D eigenvalue weighted by Gasteiger charge is -1.70. The summed E-state index contributed by atoms with van der Waals surface area (Å²) in [6.07, 6.45) is 2.31. The van der Waals surface area contributed by atoms with Crippen LogP contribution in [0.5, 0.6) is 0 Å².